The van der Waals surface area contributed by atoms with Crippen LogP contribution in [-0.2, 0) is 9.59 Å². The Balaban J connectivity index is 1.28. The van der Waals surface area contributed by atoms with Gasteiger partial charge in [0.15, 0.2) is 5.13 Å². The van der Waals surface area contributed by atoms with Gasteiger partial charge < -0.3 is 16.0 Å². The summed E-state index contributed by atoms with van der Waals surface area (Å²) in [6, 6.07) is 12.2. The molecule has 3 N–H and O–H groups in total. The van der Waals surface area contributed by atoms with Crippen LogP contribution < -0.4 is 16.0 Å². The number of nitrogens with one attached hydrogen (secondary N) is 3. The van der Waals surface area contributed by atoms with Gasteiger partial charge in [0.05, 0.1) is 23.5 Å². The average molecular weight is 496 g/mol. The quantitative estimate of drug-likeness (QED) is 0.457. The van der Waals surface area contributed by atoms with Gasteiger partial charge in [-0.05, 0) is 69.3 Å². The van der Waals surface area contributed by atoms with Crippen LogP contribution in [0.25, 0.3) is 0 Å². The standard InChI is InChI=1S/C25H26FN5O3S/c1-16-15-35-25(27-16)30-23(33)17-10-12-31(13-11-17)14-22(32)29-21-5-3-2-4-20(21)24(34)28-19-8-6-18(26)7-9-19/h2-9,15,17H,10-14H2,1H3,(H,28,34)(H,29,32)(H,27,30,33). The Labute approximate surface area is 206 Å². The highest BCUT2D eigenvalue weighted by Crippen LogP contribution is 2.22. The third kappa shape index (κ3) is 6.71. The van der Waals surface area contributed by atoms with Gasteiger partial charge in [0.25, 0.3) is 5.91 Å². The number of amides is 3. The van der Waals surface area contributed by atoms with Crippen LogP contribution in [-0.4, -0.2) is 47.2 Å². The average Bonchev–Trinajstić information content (AvgIpc) is 3.25. The summed E-state index contributed by atoms with van der Waals surface area (Å²) in [6.07, 6.45) is 1.31. The van der Waals surface area contributed by atoms with E-state index in [-0.39, 0.29) is 24.3 Å². The summed E-state index contributed by atoms with van der Waals surface area (Å²) >= 11 is 1.41. The first-order valence-electron chi connectivity index (χ1n) is 11.3. The molecule has 8 nitrogen and oxygen atoms in total. The molecule has 10 heteroatoms. The molecular formula is C25H26FN5O3S. The second-order valence-electron chi connectivity index (χ2n) is 8.39. The number of carbonyl (C=O) groups is 3. The molecular weight excluding hydrogens is 469 g/mol. The van der Waals surface area contributed by atoms with E-state index < -0.39 is 11.7 Å². The van der Waals surface area contributed by atoms with Crippen molar-refractivity contribution in [2.45, 2.75) is 19.8 Å². The fraction of sp³-hybridized carbons (Fsp3) is 0.280. The Morgan fingerprint density at radius 3 is 2.43 bits per heavy atom. The third-order valence-electron chi connectivity index (χ3n) is 5.72. The predicted octanol–water partition coefficient (Wildman–Crippen LogP) is 4.13. The fourth-order valence-corrected chi connectivity index (χ4v) is 4.58. The molecule has 0 unspecified atom stereocenters. The Morgan fingerprint density at radius 1 is 1.03 bits per heavy atom. The summed E-state index contributed by atoms with van der Waals surface area (Å²) < 4.78 is 13.1. The van der Waals surface area contributed by atoms with Crippen molar-refractivity contribution in [1.82, 2.24) is 9.88 Å². The zero-order valence-corrected chi connectivity index (χ0v) is 20.0. The van der Waals surface area contributed by atoms with Crippen LogP contribution >= 0.6 is 11.3 Å². The lowest BCUT2D eigenvalue weighted by molar-refractivity contribution is -0.121. The van der Waals surface area contributed by atoms with Crippen LogP contribution in [0.4, 0.5) is 20.9 Å². The number of thiazole rings is 1. The Bertz CT molecular complexity index is 1210. The first kappa shape index (κ1) is 24.5. The van der Waals surface area contributed by atoms with Gasteiger partial charge in [0.1, 0.15) is 5.82 Å². The molecule has 4 rings (SSSR count). The van der Waals surface area contributed by atoms with Gasteiger partial charge in [0, 0.05) is 17.0 Å². The van der Waals surface area contributed by atoms with E-state index in [1.165, 1.54) is 35.6 Å². The van der Waals surface area contributed by atoms with Gasteiger partial charge in [-0.3, -0.25) is 19.3 Å². The normalized spacial score (nSPS) is 14.3. The smallest absolute Gasteiger partial charge is 0.257 e. The number of anilines is 3. The van der Waals surface area contributed by atoms with Crippen LogP contribution in [0, 0.1) is 18.7 Å². The maximum Gasteiger partial charge on any atom is 0.257 e. The third-order valence-corrected chi connectivity index (χ3v) is 6.60. The number of likely N-dealkylation sites (tertiary alicyclic amines) is 1. The first-order chi connectivity index (χ1) is 16.9. The molecule has 1 aliphatic heterocycles. The summed E-state index contributed by atoms with van der Waals surface area (Å²) in [5, 5.41) is 10.9. The van der Waals surface area contributed by atoms with E-state index in [0.717, 1.165) is 5.69 Å². The summed E-state index contributed by atoms with van der Waals surface area (Å²) in [5.74, 6) is -1.20. The second kappa shape index (κ2) is 11.2. The van der Waals surface area contributed by atoms with Crippen LogP contribution in [0.2, 0.25) is 0 Å². The van der Waals surface area contributed by atoms with Crippen molar-refractivity contribution in [2.24, 2.45) is 5.92 Å². The lowest BCUT2D eigenvalue weighted by Crippen LogP contribution is -2.41. The lowest BCUT2D eigenvalue weighted by Gasteiger charge is -2.30. The molecule has 182 valence electrons. The minimum Gasteiger partial charge on any atom is -0.324 e. The highest BCUT2D eigenvalue weighted by atomic mass is 32.1. The number of hydrogen-bond acceptors (Lipinski definition) is 6. The molecule has 0 aliphatic carbocycles. The number of para-hydroxylation sites is 1. The number of piperidine rings is 1. The predicted molar refractivity (Wildman–Crippen MR) is 134 cm³/mol. The highest BCUT2D eigenvalue weighted by Gasteiger charge is 2.26. The van der Waals surface area contributed by atoms with Crippen LogP contribution in [0.3, 0.4) is 0 Å². The highest BCUT2D eigenvalue weighted by molar-refractivity contribution is 7.13. The number of benzene rings is 2. The maximum absolute atomic E-state index is 13.1. The zero-order chi connectivity index (χ0) is 24.8. The topological polar surface area (TPSA) is 103 Å². The van der Waals surface area contributed by atoms with E-state index >= 15 is 0 Å². The first-order valence-corrected chi connectivity index (χ1v) is 12.2. The molecule has 2 heterocycles. The number of carbonyl (C=O) groups excluding carboxylic acids is 3. The van der Waals surface area contributed by atoms with Gasteiger partial charge in [-0.25, -0.2) is 9.37 Å². The van der Waals surface area contributed by atoms with E-state index in [9.17, 15) is 18.8 Å². The largest absolute Gasteiger partial charge is 0.324 e. The van der Waals surface area contributed by atoms with E-state index in [4.69, 9.17) is 0 Å². The van der Waals surface area contributed by atoms with E-state index in [1.807, 2.05) is 17.2 Å². The van der Waals surface area contributed by atoms with Crippen molar-refractivity contribution in [3.05, 3.63) is 71.0 Å². The van der Waals surface area contributed by atoms with Gasteiger partial charge in [-0.2, -0.15) is 0 Å². The lowest BCUT2D eigenvalue weighted by atomic mass is 9.96. The minimum absolute atomic E-state index is 0.0375. The number of nitrogens with zero attached hydrogens (tertiary/aromatic N) is 2. The van der Waals surface area contributed by atoms with Gasteiger partial charge >= 0.3 is 0 Å². The van der Waals surface area contributed by atoms with E-state index in [2.05, 4.69) is 20.9 Å². The number of aryl methyl sites for hydroxylation is 1. The van der Waals surface area contributed by atoms with E-state index in [0.29, 0.717) is 48.0 Å². The molecule has 1 saturated heterocycles. The summed E-state index contributed by atoms with van der Waals surface area (Å²) in [5.41, 5.74) is 2.03. The summed E-state index contributed by atoms with van der Waals surface area (Å²) in [4.78, 5) is 44.2. The molecule has 3 amide bonds. The van der Waals surface area contributed by atoms with Crippen molar-refractivity contribution in [2.75, 3.05) is 35.6 Å². The van der Waals surface area contributed by atoms with Gasteiger partial charge in [-0.15, -0.1) is 11.3 Å². The SMILES string of the molecule is Cc1csc(NC(=O)C2CCN(CC(=O)Nc3ccccc3C(=O)Nc3ccc(F)cc3)CC2)n1. The minimum atomic E-state index is -0.408. The maximum atomic E-state index is 13.1. The number of aromatic nitrogens is 1. The van der Waals surface area contributed by atoms with Crippen molar-refractivity contribution < 1.29 is 18.8 Å². The Kier molecular flexibility index (Phi) is 7.84. The molecule has 3 aromatic rings. The molecule has 0 bridgehead atoms. The van der Waals surface area contributed by atoms with Crippen LogP contribution in [0.5, 0.6) is 0 Å². The molecule has 0 spiro atoms. The summed E-state index contributed by atoms with van der Waals surface area (Å²) in [6.45, 7) is 3.28. The van der Waals surface area contributed by atoms with Crippen LogP contribution in [0.1, 0.15) is 28.9 Å². The van der Waals surface area contributed by atoms with Crippen LogP contribution in [0.15, 0.2) is 53.9 Å². The molecule has 0 radical (unpaired) electrons. The zero-order valence-electron chi connectivity index (χ0n) is 19.2. The monoisotopic (exact) mass is 495 g/mol. The van der Waals surface area contributed by atoms with Crippen molar-refractivity contribution in [3.8, 4) is 0 Å². The summed E-state index contributed by atoms with van der Waals surface area (Å²) in [7, 11) is 0. The van der Waals surface area contributed by atoms with Gasteiger partial charge in [0.2, 0.25) is 11.8 Å². The Morgan fingerprint density at radius 2 is 1.74 bits per heavy atom. The fourth-order valence-electron chi connectivity index (χ4n) is 3.89. The number of hydrogen-bond donors (Lipinski definition) is 3. The van der Waals surface area contributed by atoms with Crippen molar-refractivity contribution in [1.29, 1.82) is 0 Å². The molecule has 0 saturated carbocycles. The molecule has 1 fully saturated rings. The molecule has 1 aliphatic rings. The molecule has 35 heavy (non-hydrogen) atoms. The second-order valence-corrected chi connectivity index (χ2v) is 9.25. The molecule has 2 aromatic carbocycles. The Hall–Kier alpha value is -3.63. The molecule has 0 atom stereocenters. The van der Waals surface area contributed by atoms with E-state index in [1.54, 1.807) is 24.3 Å². The van der Waals surface area contributed by atoms with Crippen molar-refractivity contribution in [3.63, 3.8) is 0 Å². The number of halogens is 1. The molecule has 1 aromatic heterocycles. The number of rotatable bonds is 7. The van der Waals surface area contributed by atoms with Gasteiger partial charge in [-0.1, -0.05) is 12.1 Å². The van der Waals surface area contributed by atoms with Crippen molar-refractivity contribution >= 4 is 45.6 Å².